The average molecular weight is 395 g/mol. The van der Waals surface area contributed by atoms with E-state index in [1.165, 1.54) is 0 Å². The van der Waals surface area contributed by atoms with E-state index in [0.717, 1.165) is 15.8 Å². The maximum absolute atomic E-state index is 11.9. The monoisotopic (exact) mass is 394 g/mol. The molecule has 2 aromatic rings. The summed E-state index contributed by atoms with van der Waals surface area (Å²) in [6, 6.07) is 12.8. The fourth-order valence-corrected chi connectivity index (χ4v) is 2.32. The number of esters is 1. The normalized spacial score (nSPS) is 10.1. The number of methoxy groups -OCH3 is 2. The van der Waals surface area contributed by atoms with E-state index in [4.69, 9.17) is 18.9 Å². The zero-order valence-corrected chi connectivity index (χ0v) is 15.2. The molecular formula is C18H19BrO5. The molecule has 0 aliphatic heterocycles. The molecule has 0 aromatic heterocycles. The van der Waals surface area contributed by atoms with Gasteiger partial charge in [0.15, 0.2) is 11.5 Å². The van der Waals surface area contributed by atoms with Gasteiger partial charge in [-0.05, 0) is 42.0 Å². The Balaban J connectivity index is 1.76. The first-order chi connectivity index (χ1) is 11.6. The van der Waals surface area contributed by atoms with Crippen molar-refractivity contribution in [1.29, 1.82) is 0 Å². The van der Waals surface area contributed by atoms with Gasteiger partial charge < -0.3 is 18.9 Å². The highest BCUT2D eigenvalue weighted by Crippen LogP contribution is 2.27. The van der Waals surface area contributed by atoms with E-state index in [0.29, 0.717) is 18.1 Å². The van der Waals surface area contributed by atoms with Gasteiger partial charge in [0.2, 0.25) is 0 Å². The summed E-state index contributed by atoms with van der Waals surface area (Å²) in [6.45, 7) is 0.501. The molecule has 0 aliphatic rings. The standard InChI is InChI=1S/C18H19BrO5/c1-21-16-8-3-13(11-17(16)22-2)12-18(20)24-10-9-23-15-6-4-14(19)5-7-15/h3-8,11H,9-10,12H2,1-2H3. The lowest BCUT2D eigenvalue weighted by Crippen LogP contribution is -2.14. The lowest BCUT2D eigenvalue weighted by molar-refractivity contribution is -0.143. The Morgan fingerprint density at radius 2 is 1.67 bits per heavy atom. The first-order valence-corrected chi connectivity index (χ1v) is 8.16. The lowest BCUT2D eigenvalue weighted by Gasteiger charge is -2.10. The first kappa shape index (κ1) is 18.1. The van der Waals surface area contributed by atoms with Crippen LogP contribution in [0.5, 0.6) is 17.2 Å². The number of hydrogen-bond donors (Lipinski definition) is 0. The predicted octanol–water partition coefficient (Wildman–Crippen LogP) is 3.63. The predicted molar refractivity (Wildman–Crippen MR) is 93.8 cm³/mol. The molecule has 2 rings (SSSR count). The number of hydrogen-bond acceptors (Lipinski definition) is 5. The second kappa shape index (κ2) is 9.17. The summed E-state index contributed by atoms with van der Waals surface area (Å²) in [7, 11) is 3.12. The summed E-state index contributed by atoms with van der Waals surface area (Å²) < 4.78 is 22.0. The molecule has 0 aliphatic carbocycles. The van der Waals surface area contributed by atoms with Gasteiger partial charge in [0.1, 0.15) is 19.0 Å². The minimum absolute atomic E-state index is 0.165. The van der Waals surface area contributed by atoms with E-state index in [2.05, 4.69) is 15.9 Å². The third-order valence-corrected chi connectivity index (χ3v) is 3.75. The van der Waals surface area contributed by atoms with Crippen LogP contribution in [0.1, 0.15) is 5.56 Å². The van der Waals surface area contributed by atoms with Crippen LogP contribution in [0.4, 0.5) is 0 Å². The number of carbonyl (C=O) groups excluding carboxylic acids is 1. The van der Waals surface area contributed by atoms with Crippen LogP contribution in [0.15, 0.2) is 46.9 Å². The van der Waals surface area contributed by atoms with E-state index in [1.54, 1.807) is 32.4 Å². The number of ether oxygens (including phenoxy) is 4. The highest BCUT2D eigenvalue weighted by atomic mass is 79.9. The van der Waals surface area contributed by atoms with E-state index in [-0.39, 0.29) is 19.0 Å². The van der Waals surface area contributed by atoms with Gasteiger partial charge in [0, 0.05) is 4.47 Å². The molecule has 0 fully saturated rings. The molecule has 0 atom stereocenters. The maximum atomic E-state index is 11.9. The number of benzene rings is 2. The number of halogens is 1. The quantitative estimate of drug-likeness (QED) is 0.505. The SMILES string of the molecule is COc1ccc(CC(=O)OCCOc2ccc(Br)cc2)cc1OC. The Hall–Kier alpha value is -2.21. The molecule has 24 heavy (non-hydrogen) atoms. The van der Waals surface area contributed by atoms with Crippen molar-refractivity contribution in [3.05, 3.63) is 52.5 Å². The molecule has 0 spiro atoms. The van der Waals surface area contributed by atoms with Gasteiger partial charge in [-0.15, -0.1) is 0 Å². The van der Waals surface area contributed by atoms with Gasteiger partial charge in [-0.25, -0.2) is 0 Å². The van der Waals surface area contributed by atoms with Crippen molar-refractivity contribution in [2.45, 2.75) is 6.42 Å². The zero-order valence-electron chi connectivity index (χ0n) is 13.6. The molecular weight excluding hydrogens is 376 g/mol. The Morgan fingerprint density at radius 1 is 0.958 bits per heavy atom. The van der Waals surface area contributed by atoms with Crippen LogP contribution in [0, 0.1) is 0 Å². The smallest absolute Gasteiger partial charge is 0.310 e. The van der Waals surface area contributed by atoms with Crippen molar-refractivity contribution in [1.82, 2.24) is 0 Å². The van der Waals surface area contributed by atoms with Crippen molar-refractivity contribution >= 4 is 21.9 Å². The van der Waals surface area contributed by atoms with Crippen LogP contribution in [-0.2, 0) is 16.0 Å². The fourth-order valence-electron chi connectivity index (χ4n) is 2.05. The van der Waals surface area contributed by atoms with Crippen LogP contribution in [0.25, 0.3) is 0 Å². The van der Waals surface area contributed by atoms with Crippen molar-refractivity contribution in [3.8, 4) is 17.2 Å². The van der Waals surface area contributed by atoms with Crippen molar-refractivity contribution < 1.29 is 23.7 Å². The van der Waals surface area contributed by atoms with Crippen molar-refractivity contribution in [2.24, 2.45) is 0 Å². The molecule has 5 nitrogen and oxygen atoms in total. The van der Waals surface area contributed by atoms with E-state index in [1.807, 2.05) is 24.3 Å². The minimum atomic E-state index is -0.318. The summed E-state index contributed by atoms with van der Waals surface area (Å²) in [5.74, 6) is 1.62. The topological polar surface area (TPSA) is 54.0 Å². The molecule has 128 valence electrons. The second-order valence-electron chi connectivity index (χ2n) is 4.89. The summed E-state index contributed by atoms with van der Waals surface area (Å²) in [4.78, 5) is 11.9. The fraction of sp³-hybridized carbons (Fsp3) is 0.278. The molecule has 0 unspecified atom stereocenters. The molecule has 0 saturated heterocycles. The highest BCUT2D eigenvalue weighted by molar-refractivity contribution is 9.10. The molecule has 6 heteroatoms. The molecule has 2 aromatic carbocycles. The second-order valence-corrected chi connectivity index (χ2v) is 5.80. The minimum Gasteiger partial charge on any atom is -0.493 e. The molecule has 0 bridgehead atoms. The third kappa shape index (κ3) is 5.45. The van der Waals surface area contributed by atoms with Gasteiger partial charge in [0.05, 0.1) is 20.6 Å². The van der Waals surface area contributed by atoms with E-state index >= 15 is 0 Å². The van der Waals surface area contributed by atoms with Crippen LogP contribution < -0.4 is 14.2 Å². The van der Waals surface area contributed by atoms with E-state index in [9.17, 15) is 4.79 Å². The Labute approximate surface area is 149 Å². The Bertz CT molecular complexity index is 670. The van der Waals surface area contributed by atoms with Crippen LogP contribution in [0.2, 0.25) is 0 Å². The van der Waals surface area contributed by atoms with Crippen molar-refractivity contribution in [2.75, 3.05) is 27.4 Å². The lowest BCUT2D eigenvalue weighted by atomic mass is 10.1. The molecule has 0 N–H and O–H groups in total. The molecule has 0 radical (unpaired) electrons. The maximum Gasteiger partial charge on any atom is 0.310 e. The van der Waals surface area contributed by atoms with Gasteiger partial charge in [-0.1, -0.05) is 22.0 Å². The Morgan fingerprint density at radius 3 is 2.33 bits per heavy atom. The summed E-state index contributed by atoms with van der Waals surface area (Å²) in [6.07, 6.45) is 0.165. The largest absolute Gasteiger partial charge is 0.493 e. The summed E-state index contributed by atoms with van der Waals surface area (Å²) >= 11 is 3.36. The van der Waals surface area contributed by atoms with Crippen molar-refractivity contribution in [3.63, 3.8) is 0 Å². The highest BCUT2D eigenvalue weighted by Gasteiger charge is 2.09. The van der Waals surface area contributed by atoms with Crippen LogP contribution in [-0.4, -0.2) is 33.4 Å². The molecule has 0 saturated carbocycles. The van der Waals surface area contributed by atoms with Crippen LogP contribution >= 0.6 is 15.9 Å². The van der Waals surface area contributed by atoms with Crippen LogP contribution in [0.3, 0.4) is 0 Å². The van der Waals surface area contributed by atoms with Gasteiger partial charge in [-0.3, -0.25) is 4.79 Å². The van der Waals surface area contributed by atoms with Gasteiger partial charge >= 0.3 is 5.97 Å². The Kier molecular flexibility index (Phi) is 6.93. The van der Waals surface area contributed by atoms with Gasteiger partial charge in [-0.2, -0.15) is 0 Å². The van der Waals surface area contributed by atoms with Gasteiger partial charge in [0.25, 0.3) is 0 Å². The third-order valence-electron chi connectivity index (χ3n) is 3.23. The molecule has 0 amide bonds. The number of carbonyl (C=O) groups is 1. The summed E-state index contributed by atoms with van der Waals surface area (Å²) in [5, 5.41) is 0. The summed E-state index contributed by atoms with van der Waals surface area (Å²) in [5.41, 5.74) is 0.798. The number of rotatable bonds is 8. The average Bonchev–Trinajstić information content (AvgIpc) is 2.60. The molecule has 0 heterocycles. The first-order valence-electron chi connectivity index (χ1n) is 7.37. The van der Waals surface area contributed by atoms with E-state index < -0.39 is 0 Å². The zero-order chi connectivity index (χ0) is 17.4.